The summed E-state index contributed by atoms with van der Waals surface area (Å²) in [5.74, 6) is -0.321. The predicted molar refractivity (Wildman–Crippen MR) is 75.0 cm³/mol. The van der Waals surface area contributed by atoms with E-state index < -0.39 is 0 Å². The van der Waals surface area contributed by atoms with Crippen molar-refractivity contribution in [1.29, 1.82) is 0 Å². The SMILES string of the molecule is NC(Cc1cc(F)ccc1Cl)c1cnn2ccncc12. The van der Waals surface area contributed by atoms with Gasteiger partial charge in [-0.05, 0) is 30.2 Å². The Balaban J connectivity index is 1.93. The van der Waals surface area contributed by atoms with Crippen LogP contribution in [0, 0.1) is 5.82 Å². The smallest absolute Gasteiger partial charge is 0.123 e. The molecule has 1 aromatic carbocycles. The zero-order valence-corrected chi connectivity index (χ0v) is 11.3. The molecule has 0 radical (unpaired) electrons. The second kappa shape index (κ2) is 5.19. The van der Waals surface area contributed by atoms with Gasteiger partial charge in [-0.1, -0.05) is 11.6 Å². The van der Waals surface area contributed by atoms with Gasteiger partial charge in [0.05, 0.1) is 17.9 Å². The lowest BCUT2D eigenvalue weighted by Crippen LogP contribution is -2.13. The maximum absolute atomic E-state index is 13.3. The molecule has 3 rings (SSSR count). The van der Waals surface area contributed by atoms with Crippen LogP contribution in [0.25, 0.3) is 5.52 Å². The van der Waals surface area contributed by atoms with Gasteiger partial charge in [-0.25, -0.2) is 8.91 Å². The van der Waals surface area contributed by atoms with E-state index in [0.29, 0.717) is 17.0 Å². The van der Waals surface area contributed by atoms with Gasteiger partial charge in [-0.3, -0.25) is 4.98 Å². The van der Waals surface area contributed by atoms with Crippen LogP contribution >= 0.6 is 11.6 Å². The fourth-order valence-electron chi connectivity index (χ4n) is 2.19. The van der Waals surface area contributed by atoms with Crippen LogP contribution in [0.15, 0.2) is 43.0 Å². The van der Waals surface area contributed by atoms with E-state index in [1.807, 2.05) is 0 Å². The summed E-state index contributed by atoms with van der Waals surface area (Å²) in [6, 6.07) is 3.95. The first-order valence-electron chi connectivity index (χ1n) is 6.12. The third-order valence-electron chi connectivity index (χ3n) is 3.20. The topological polar surface area (TPSA) is 56.2 Å². The van der Waals surface area contributed by atoms with Crippen molar-refractivity contribution < 1.29 is 4.39 Å². The van der Waals surface area contributed by atoms with Crippen LogP contribution in [0.3, 0.4) is 0 Å². The van der Waals surface area contributed by atoms with Crippen molar-refractivity contribution in [3.05, 3.63) is 65.0 Å². The lowest BCUT2D eigenvalue weighted by atomic mass is 10.0. The summed E-state index contributed by atoms with van der Waals surface area (Å²) in [6.45, 7) is 0. The highest BCUT2D eigenvalue weighted by Gasteiger charge is 2.15. The molecule has 20 heavy (non-hydrogen) atoms. The summed E-state index contributed by atoms with van der Waals surface area (Å²) in [6.07, 6.45) is 7.25. The first-order valence-corrected chi connectivity index (χ1v) is 6.49. The van der Waals surface area contributed by atoms with E-state index in [2.05, 4.69) is 10.1 Å². The quantitative estimate of drug-likeness (QED) is 0.807. The Kier molecular flexibility index (Phi) is 3.38. The number of benzene rings is 1. The van der Waals surface area contributed by atoms with Crippen LogP contribution in [0.5, 0.6) is 0 Å². The summed E-state index contributed by atoms with van der Waals surface area (Å²) in [5, 5.41) is 4.72. The molecule has 0 saturated carbocycles. The molecule has 0 aliphatic heterocycles. The van der Waals surface area contributed by atoms with Gasteiger partial charge in [0.25, 0.3) is 0 Å². The van der Waals surface area contributed by atoms with Gasteiger partial charge in [0, 0.05) is 29.0 Å². The summed E-state index contributed by atoms with van der Waals surface area (Å²) < 4.78 is 15.0. The average Bonchev–Trinajstić information content (AvgIpc) is 2.87. The van der Waals surface area contributed by atoms with Crippen molar-refractivity contribution in [1.82, 2.24) is 14.6 Å². The molecule has 1 unspecified atom stereocenters. The van der Waals surface area contributed by atoms with E-state index in [9.17, 15) is 4.39 Å². The first-order chi connectivity index (χ1) is 9.65. The van der Waals surface area contributed by atoms with Gasteiger partial charge < -0.3 is 5.73 Å². The number of fused-ring (bicyclic) bond motifs is 1. The highest BCUT2D eigenvalue weighted by atomic mass is 35.5. The molecule has 4 nitrogen and oxygen atoms in total. The van der Waals surface area contributed by atoms with Crippen molar-refractivity contribution in [3.8, 4) is 0 Å². The molecule has 0 spiro atoms. The van der Waals surface area contributed by atoms with Gasteiger partial charge in [0.15, 0.2) is 0 Å². The predicted octanol–water partition coefficient (Wildman–Crippen LogP) is 2.76. The number of nitrogens with zero attached hydrogens (tertiary/aromatic N) is 3. The molecular weight excluding hydrogens is 279 g/mol. The van der Waals surface area contributed by atoms with Crippen molar-refractivity contribution in [2.45, 2.75) is 12.5 Å². The Hall–Kier alpha value is -1.98. The zero-order valence-electron chi connectivity index (χ0n) is 10.5. The molecular formula is C14H12ClFN4. The lowest BCUT2D eigenvalue weighted by molar-refractivity contribution is 0.622. The van der Waals surface area contributed by atoms with Crippen molar-refractivity contribution in [2.24, 2.45) is 5.73 Å². The molecule has 2 heterocycles. The van der Waals surface area contributed by atoms with Crippen LogP contribution in [-0.4, -0.2) is 14.6 Å². The molecule has 0 saturated heterocycles. The minimum absolute atomic E-state index is 0.321. The van der Waals surface area contributed by atoms with Crippen LogP contribution in [-0.2, 0) is 6.42 Å². The number of aromatic nitrogens is 3. The summed E-state index contributed by atoms with van der Waals surface area (Å²) in [5.41, 5.74) is 8.58. The Morgan fingerprint density at radius 3 is 3.05 bits per heavy atom. The minimum atomic E-state index is -0.323. The van der Waals surface area contributed by atoms with Gasteiger partial charge in [-0.2, -0.15) is 5.10 Å². The molecule has 102 valence electrons. The maximum atomic E-state index is 13.3. The average molecular weight is 291 g/mol. The third-order valence-corrected chi connectivity index (χ3v) is 3.57. The Bertz CT molecular complexity index is 756. The Morgan fingerprint density at radius 1 is 1.35 bits per heavy atom. The summed E-state index contributed by atoms with van der Waals surface area (Å²) in [7, 11) is 0. The third kappa shape index (κ3) is 2.37. The molecule has 1 atom stereocenters. The first kappa shape index (κ1) is 13.0. The fraction of sp³-hybridized carbons (Fsp3) is 0.143. The molecule has 2 N–H and O–H groups in total. The molecule has 3 aromatic rings. The van der Waals surface area contributed by atoms with Crippen LogP contribution in [0.2, 0.25) is 5.02 Å². The zero-order chi connectivity index (χ0) is 14.1. The van der Waals surface area contributed by atoms with E-state index in [-0.39, 0.29) is 11.9 Å². The second-order valence-corrected chi connectivity index (χ2v) is 4.96. The summed E-state index contributed by atoms with van der Waals surface area (Å²) in [4.78, 5) is 4.06. The molecule has 0 aliphatic carbocycles. The van der Waals surface area contributed by atoms with Gasteiger partial charge >= 0.3 is 0 Å². The molecule has 2 aromatic heterocycles. The van der Waals surface area contributed by atoms with Crippen molar-refractivity contribution in [3.63, 3.8) is 0 Å². The van der Waals surface area contributed by atoms with Crippen LogP contribution in [0.4, 0.5) is 4.39 Å². The van der Waals surface area contributed by atoms with Gasteiger partial charge in [-0.15, -0.1) is 0 Å². The van der Waals surface area contributed by atoms with Gasteiger partial charge in [0.1, 0.15) is 5.82 Å². The van der Waals surface area contributed by atoms with Gasteiger partial charge in [0.2, 0.25) is 0 Å². The molecule has 6 heteroatoms. The number of rotatable bonds is 3. The molecule has 0 bridgehead atoms. The van der Waals surface area contributed by atoms with E-state index in [1.165, 1.54) is 18.2 Å². The number of nitrogens with two attached hydrogens (primary N) is 1. The fourth-order valence-corrected chi connectivity index (χ4v) is 2.38. The van der Waals surface area contributed by atoms with Crippen molar-refractivity contribution in [2.75, 3.05) is 0 Å². The van der Waals surface area contributed by atoms with E-state index in [0.717, 1.165) is 11.1 Å². The number of halogens is 2. The van der Waals surface area contributed by atoms with E-state index in [4.69, 9.17) is 17.3 Å². The largest absolute Gasteiger partial charge is 0.324 e. The molecule has 0 aliphatic rings. The van der Waals surface area contributed by atoms with Crippen LogP contribution < -0.4 is 5.73 Å². The Morgan fingerprint density at radius 2 is 2.20 bits per heavy atom. The van der Waals surface area contributed by atoms with Crippen LogP contribution in [0.1, 0.15) is 17.2 Å². The highest BCUT2D eigenvalue weighted by Crippen LogP contribution is 2.24. The molecule has 0 amide bonds. The standard InChI is InChI=1S/C14H12ClFN4/c15-12-2-1-10(16)5-9(12)6-13(17)11-7-19-20-4-3-18-8-14(11)20/h1-5,7-8,13H,6,17H2. The van der Waals surface area contributed by atoms with E-state index >= 15 is 0 Å². The maximum Gasteiger partial charge on any atom is 0.123 e. The normalized spacial score (nSPS) is 12.8. The minimum Gasteiger partial charge on any atom is -0.324 e. The number of hydrogen-bond donors (Lipinski definition) is 1. The van der Waals surface area contributed by atoms with E-state index in [1.54, 1.807) is 29.3 Å². The van der Waals surface area contributed by atoms with Crippen molar-refractivity contribution >= 4 is 17.1 Å². The summed E-state index contributed by atoms with van der Waals surface area (Å²) >= 11 is 6.06. The lowest BCUT2D eigenvalue weighted by Gasteiger charge is -2.11. The molecule has 0 fully saturated rings. The monoisotopic (exact) mass is 290 g/mol. The second-order valence-electron chi connectivity index (χ2n) is 4.55. The highest BCUT2D eigenvalue weighted by molar-refractivity contribution is 6.31. The number of hydrogen-bond acceptors (Lipinski definition) is 3. The Labute approximate surface area is 120 Å².